The maximum Gasteiger partial charge on any atom is 0.0671 e. The highest BCUT2D eigenvalue weighted by molar-refractivity contribution is 5.99. The van der Waals surface area contributed by atoms with Crippen LogP contribution in [0.1, 0.15) is 77.3 Å². The van der Waals surface area contributed by atoms with Crippen molar-refractivity contribution in [3.8, 4) is 0 Å². The second-order valence-electron chi connectivity index (χ2n) is 9.06. The lowest BCUT2D eigenvalue weighted by Crippen LogP contribution is -2.27. The molecule has 0 aliphatic heterocycles. The molecule has 0 saturated carbocycles. The van der Waals surface area contributed by atoms with Crippen molar-refractivity contribution in [2.24, 2.45) is 10.9 Å². The maximum absolute atomic E-state index is 5.08. The van der Waals surface area contributed by atoms with Crippen LogP contribution in [0.3, 0.4) is 0 Å². The zero-order chi connectivity index (χ0) is 23.3. The number of nitrogens with zero attached hydrogens (tertiary/aromatic N) is 2. The number of allylic oxidation sites excluding steroid dienone is 3. The van der Waals surface area contributed by atoms with Gasteiger partial charge in [0.1, 0.15) is 0 Å². The Kier molecular flexibility index (Phi) is 8.44. The molecule has 2 nitrogen and oxygen atoms in total. The third kappa shape index (κ3) is 5.97. The van der Waals surface area contributed by atoms with Gasteiger partial charge in [0, 0.05) is 11.9 Å². The van der Waals surface area contributed by atoms with Gasteiger partial charge in [-0.1, -0.05) is 63.3 Å². The molecule has 2 aromatic rings. The third-order valence-electron chi connectivity index (χ3n) is 5.86. The number of rotatable bonds is 8. The molecule has 166 valence electrons. The molecule has 0 amide bonds. The molecule has 0 unspecified atom stereocenters. The molecule has 0 aliphatic carbocycles. The van der Waals surface area contributed by atoms with Crippen LogP contribution in [0.5, 0.6) is 0 Å². The molecular formula is C29H40N2. The van der Waals surface area contributed by atoms with Crippen molar-refractivity contribution in [3.05, 3.63) is 69.4 Å². The van der Waals surface area contributed by atoms with E-state index in [0.717, 1.165) is 58.2 Å². The van der Waals surface area contributed by atoms with Crippen LogP contribution in [-0.2, 0) is 13.0 Å². The monoisotopic (exact) mass is 416 g/mol. The molecule has 1 aromatic heterocycles. The first kappa shape index (κ1) is 24.7. The van der Waals surface area contributed by atoms with Crippen molar-refractivity contribution in [2.75, 3.05) is 0 Å². The number of benzene rings is 1. The fourth-order valence-corrected chi connectivity index (χ4v) is 4.08. The van der Waals surface area contributed by atoms with Gasteiger partial charge in [0.2, 0.25) is 0 Å². The normalized spacial score (nSPS) is 13.4. The first-order chi connectivity index (χ1) is 14.6. The lowest BCUT2D eigenvalue weighted by atomic mass is 9.98. The zero-order valence-corrected chi connectivity index (χ0v) is 20.9. The quantitative estimate of drug-likeness (QED) is 0.424. The maximum atomic E-state index is 5.08. The van der Waals surface area contributed by atoms with Crippen LogP contribution in [0.25, 0.3) is 18.2 Å². The lowest BCUT2D eigenvalue weighted by molar-refractivity contribution is 0.643. The molecule has 31 heavy (non-hydrogen) atoms. The first-order valence-corrected chi connectivity index (χ1v) is 11.5. The Morgan fingerprint density at radius 2 is 1.81 bits per heavy atom. The average molecular weight is 417 g/mol. The van der Waals surface area contributed by atoms with Gasteiger partial charge in [0.05, 0.1) is 17.1 Å². The number of aliphatic imine (C=N–C) groups is 1. The zero-order valence-electron chi connectivity index (χ0n) is 20.9. The van der Waals surface area contributed by atoms with E-state index in [1.54, 1.807) is 0 Å². The van der Waals surface area contributed by atoms with Crippen LogP contribution in [0.4, 0.5) is 5.69 Å². The fourth-order valence-electron chi connectivity index (χ4n) is 4.08. The lowest BCUT2D eigenvalue weighted by Gasteiger charge is -2.12. The Balaban J connectivity index is 2.59. The van der Waals surface area contributed by atoms with Gasteiger partial charge in [0.25, 0.3) is 0 Å². The molecule has 0 fully saturated rings. The molecule has 0 atom stereocenters. The summed E-state index contributed by atoms with van der Waals surface area (Å²) in [6, 6.07) is 6.63. The van der Waals surface area contributed by atoms with Gasteiger partial charge in [-0.05, 0) is 87.4 Å². The van der Waals surface area contributed by atoms with E-state index in [2.05, 4.69) is 103 Å². The molecule has 0 bridgehead atoms. The van der Waals surface area contributed by atoms with Gasteiger partial charge in [-0.15, -0.1) is 0 Å². The van der Waals surface area contributed by atoms with Gasteiger partial charge in [0.15, 0.2) is 0 Å². The molecule has 1 heterocycles. The topological polar surface area (TPSA) is 17.3 Å². The molecule has 2 rings (SSSR count). The number of aryl methyl sites for hydroxylation is 1. The summed E-state index contributed by atoms with van der Waals surface area (Å²) in [4.78, 5) is 5.08. The smallest absolute Gasteiger partial charge is 0.0671 e. The van der Waals surface area contributed by atoms with E-state index in [4.69, 9.17) is 4.99 Å². The van der Waals surface area contributed by atoms with Gasteiger partial charge in [-0.3, -0.25) is 4.99 Å². The minimum absolute atomic E-state index is 0.667. The van der Waals surface area contributed by atoms with E-state index >= 15 is 0 Å². The Bertz CT molecular complexity index is 1120. The van der Waals surface area contributed by atoms with E-state index < -0.39 is 0 Å². The summed E-state index contributed by atoms with van der Waals surface area (Å²) in [5.74, 6) is 0.667. The van der Waals surface area contributed by atoms with Crippen molar-refractivity contribution in [1.29, 1.82) is 0 Å². The minimum Gasteiger partial charge on any atom is -0.340 e. The Labute approximate surface area is 189 Å². The van der Waals surface area contributed by atoms with Crippen molar-refractivity contribution in [1.82, 2.24) is 4.57 Å². The van der Waals surface area contributed by atoms with Crippen LogP contribution in [0.15, 0.2) is 41.4 Å². The molecule has 0 saturated heterocycles. The van der Waals surface area contributed by atoms with Crippen molar-refractivity contribution in [2.45, 2.75) is 74.8 Å². The molecule has 0 spiro atoms. The number of aromatic nitrogens is 1. The molecule has 0 N–H and O–H groups in total. The van der Waals surface area contributed by atoms with Crippen LogP contribution < -0.4 is 10.6 Å². The molecule has 2 heteroatoms. The summed E-state index contributed by atoms with van der Waals surface area (Å²) in [6.07, 6.45) is 6.53. The Hall–Kier alpha value is -2.61. The Morgan fingerprint density at radius 3 is 2.35 bits per heavy atom. The summed E-state index contributed by atoms with van der Waals surface area (Å²) < 4.78 is 2.26. The summed E-state index contributed by atoms with van der Waals surface area (Å²) in [6.45, 7) is 26.7. The van der Waals surface area contributed by atoms with E-state index in [1.165, 1.54) is 16.7 Å². The van der Waals surface area contributed by atoms with E-state index in [1.807, 2.05) is 0 Å². The third-order valence-corrected chi connectivity index (χ3v) is 5.86. The highest BCUT2D eigenvalue weighted by Gasteiger charge is 2.10. The van der Waals surface area contributed by atoms with Crippen LogP contribution in [0.2, 0.25) is 0 Å². The predicted molar refractivity (Wildman–Crippen MR) is 140 cm³/mol. The summed E-state index contributed by atoms with van der Waals surface area (Å²) >= 11 is 0. The predicted octanol–water partition coefficient (Wildman–Crippen LogP) is 6.74. The fraction of sp³-hybridized carbons (Fsp3) is 0.414. The second-order valence-corrected chi connectivity index (χ2v) is 9.06. The van der Waals surface area contributed by atoms with Crippen molar-refractivity contribution < 1.29 is 0 Å². The van der Waals surface area contributed by atoms with E-state index in [-0.39, 0.29) is 0 Å². The molecule has 0 radical (unpaired) electrons. The van der Waals surface area contributed by atoms with Gasteiger partial charge < -0.3 is 4.57 Å². The van der Waals surface area contributed by atoms with Gasteiger partial charge in [-0.2, -0.15) is 0 Å². The van der Waals surface area contributed by atoms with Crippen molar-refractivity contribution >= 4 is 29.6 Å². The van der Waals surface area contributed by atoms with Crippen LogP contribution in [0, 0.1) is 12.8 Å². The van der Waals surface area contributed by atoms with Crippen LogP contribution in [-0.4, -0.2) is 10.3 Å². The summed E-state index contributed by atoms with van der Waals surface area (Å²) in [5, 5.41) is 2.21. The minimum atomic E-state index is 0.667. The SMILES string of the molecule is C=C(C)c1cc(CC)c(C)c(/N=C(\C)c2c/c(=C/C=C(\C)CC(C)C)c(=C)n2CC)c1. The standard InChI is InChI=1S/C29H40N2/c1-11-25-16-27(20(5)6)17-28(22(25)8)30-23(9)29-18-26(24(10)31(29)12-2)14-13-21(7)15-19(3)4/h13-14,16-19H,5,10-12,15H2,1-4,6-9H3/b21-13+,26-14-,30-23+. The summed E-state index contributed by atoms with van der Waals surface area (Å²) in [7, 11) is 0. The Morgan fingerprint density at radius 1 is 1.13 bits per heavy atom. The van der Waals surface area contributed by atoms with Crippen molar-refractivity contribution in [3.63, 3.8) is 0 Å². The molecule has 1 aromatic carbocycles. The second kappa shape index (κ2) is 10.6. The van der Waals surface area contributed by atoms with Gasteiger partial charge >= 0.3 is 0 Å². The molecular weight excluding hydrogens is 376 g/mol. The van der Waals surface area contributed by atoms with E-state index in [9.17, 15) is 0 Å². The molecule has 0 aliphatic rings. The average Bonchev–Trinajstić information content (AvgIpc) is 3.02. The largest absolute Gasteiger partial charge is 0.340 e. The first-order valence-electron chi connectivity index (χ1n) is 11.5. The van der Waals surface area contributed by atoms with E-state index in [0.29, 0.717) is 5.92 Å². The number of hydrogen-bond donors (Lipinski definition) is 0. The van der Waals surface area contributed by atoms with Crippen LogP contribution >= 0.6 is 0 Å². The van der Waals surface area contributed by atoms with Gasteiger partial charge in [-0.25, -0.2) is 0 Å². The summed E-state index contributed by atoms with van der Waals surface area (Å²) in [5.41, 5.74) is 9.38. The highest BCUT2D eigenvalue weighted by atomic mass is 15.0. The highest BCUT2D eigenvalue weighted by Crippen LogP contribution is 2.28. The number of hydrogen-bond acceptors (Lipinski definition) is 1.